The molecule has 0 radical (unpaired) electrons. The minimum absolute atomic E-state index is 0.0484. The molecule has 0 aliphatic carbocycles. The van der Waals surface area contributed by atoms with Gasteiger partial charge >= 0.3 is 10.2 Å². The van der Waals surface area contributed by atoms with Crippen LogP contribution in [0.5, 0.6) is 0 Å². The van der Waals surface area contributed by atoms with E-state index in [1.54, 1.807) is 18.9 Å². The quantitative estimate of drug-likeness (QED) is 0.484. The van der Waals surface area contributed by atoms with Crippen LogP contribution in [-0.4, -0.2) is 55.1 Å². The Morgan fingerprint density at radius 2 is 1.78 bits per heavy atom. The third kappa shape index (κ3) is 5.68. The van der Waals surface area contributed by atoms with Crippen molar-refractivity contribution in [3.8, 4) is 0 Å². The number of hydrogen-bond donors (Lipinski definition) is 1. The zero-order valence-corrected chi connectivity index (χ0v) is 20.4. The Balaban J connectivity index is 2.02. The normalized spacial score (nSPS) is 17.2. The van der Waals surface area contributed by atoms with Crippen LogP contribution in [0.25, 0.3) is 0 Å². The Bertz CT molecular complexity index is 1070. The summed E-state index contributed by atoms with van der Waals surface area (Å²) in [7, 11) is -3.75. The van der Waals surface area contributed by atoms with Crippen LogP contribution in [0.15, 0.2) is 64.7 Å². The van der Waals surface area contributed by atoms with Gasteiger partial charge in [-0.1, -0.05) is 67.9 Å². The largest absolute Gasteiger partial charge is 0.303 e. The van der Waals surface area contributed by atoms with Crippen LogP contribution >= 0.6 is 11.6 Å². The van der Waals surface area contributed by atoms with E-state index in [1.807, 2.05) is 56.3 Å². The van der Waals surface area contributed by atoms with Crippen LogP contribution in [0.3, 0.4) is 0 Å². The first-order valence-corrected chi connectivity index (χ1v) is 12.6. The topological polar surface area (TPSA) is 77.4 Å². The molecule has 32 heavy (non-hydrogen) atoms. The first kappa shape index (κ1) is 24.2. The van der Waals surface area contributed by atoms with Gasteiger partial charge in [-0.15, -0.1) is 0 Å². The molecule has 0 aromatic heterocycles. The fourth-order valence-corrected chi connectivity index (χ4v) is 4.92. The molecular formula is C23H30ClN5O2S. The van der Waals surface area contributed by atoms with Gasteiger partial charge in [0.2, 0.25) is 5.96 Å². The first-order chi connectivity index (χ1) is 15.2. The van der Waals surface area contributed by atoms with Gasteiger partial charge in [0.05, 0.1) is 12.3 Å². The molecule has 0 saturated heterocycles. The molecule has 0 bridgehead atoms. The van der Waals surface area contributed by atoms with Crippen molar-refractivity contribution in [1.29, 1.82) is 0 Å². The highest BCUT2D eigenvalue weighted by atomic mass is 35.5. The summed E-state index contributed by atoms with van der Waals surface area (Å²) in [4.78, 5) is 4.56. The zero-order chi connectivity index (χ0) is 23.3. The summed E-state index contributed by atoms with van der Waals surface area (Å²) in [6.07, 6.45) is 0. The molecule has 1 aliphatic rings. The van der Waals surface area contributed by atoms with E-state index in [0.29, 0.717) is 24.7 Å². The predicted octanol–water partition coefficient (Wildman–Crippen LogP) is 4.08. The van der Waals surface area contributed by atoms with Gasteiger partial charge in [-0.2, -0.15) is 17.8 Å². The maximum absolute atomic E-state index is 12.9. The van der Waals surface area contributed by atoms with E-state index in [9.17, 15) is 8.42 Å². The molecule has 0 spiro atoms. The van der Waals surface area contributed by atoms with Gasteiger partial charge < -0.3 is 0 Å². The average molecular weight is 476 g/mol. The third-order valence-electron chi connectivity index (χ3n) is 5.15. The van der Waals surface area contributed by atoms with Crippen molar-refractivity contribution < 1.29 is 8.42 Å². The number of hydrogen-bond acceptors (Lipinski definition) is 4. The lowest BCUT2D eigenvalue weighted by molar-refractivity contribution is 0.428. The lowest BCUT2D eigenvalue weighted by Gasteiger charge is -2.24. The van der Waals surface area contributed by atoms with Crippen molar-refractivity contribution in [3.63, 3.8) is 0 Å². The molecule has 0 amide bonds. The van der Waals surface area contributed by atoms with E-state index in [4.69, 9.17) is 16.7 Å². The van der Waals surface area contributed by atoms with Crippen LogP contribution in [0, 0.1) is 0 Å². The zero-order valence-electron chi connectivity index (χ0n) is 18.9. The van der Waals surface area contributed by atoms with E-state index in [0.717, 1.165) is 16.8 Å². The van der Waals surface area contributed by atoms with Gasteiger partial charge in [-0.25, -0.2) is 14.7 Å². The molecule has 1 unspecified atom stereocenters. The number of hydrazone groups is 1. The first-order valence-electron chi connectivity index (χ1n) is 10.8. The third-order valence-corrected chi connectivity index (χ3v) is 7.04. The number of aliphatic imine (C=N–C) groups is 1. The number of rotatable bonds is 7. The van der Waals surface area contributed by atoms with Crippen LogP contribution in [0.4, 0.5) is 0 Å². The monoisotopic (exact) mass is 475 g/mol. The van der Waals surface area contributed by atoms with E-state index in [-0.39, 0.29) is 17.9 Å². The van der Waals surface area contributed by atoms with Crippen molar-refractivity contribution in [2.45, 2.75) is 39.7 Å². The second kappa shape index (κ2) is 10.5. The lowest BCUT2D eigenvalue weighted by atomic mass is 9.91. The van der Waals surface area contributed by atoms with Crippen LogP contribution in [-0.2, 0) is 10.2 Å². The van der Waals surface area contributed by atoms with Gasteiger partial charge in [0.15, 0.2) is 0 Å². The molecule has 2 aromatic carbocycles. The number of nitrogens with one attached hydrogen (secondary N) is 1. The van der Waals surface area contributed by atoms with Crippen molar-refractivity contribution in [2.24, 2.45) is 10.1 Å². The standard InChI is InChI=1S/C23H30ClN5O2S/c1-5-28(6-2)32(30,31)27-23(25-17(3)4)29-16-21(18-10-8-7-9-11-18)22(26-29)19-12-14-20(24)15-13-19/h7-15,17,21H,5-6,16H2,1-4H3,(H,25,27). The smallest absolute Gasteiger partial charge is 0.248 e. The number of nitrogens with zero attached hydrogens (tertiary/aromatic N) is 4. The summed E-state index contributed by atoms with van der Waals surface area (Å²) >= 11 is 6.09. The van der Waals surface area contributed by atoms with Crippen LogP contribution in [0.2, 0.25) is 5.02 Å². The summed E-state index contributed by atoms with van der Waals surface area (Å²) in [5, 5.41) is 7.13. The van der Waals surface area contributed by atoms with Crippen molar-refractivity contribution >= 4 is 33.5 Å². The van der Waals surface area contributed by atoms with Crippen molar-refractivity contribution in [3.05, 3.63) is 70.7 Å². The average Bonchev–Trinajstić information content (AvgIpc) is 3.20. The van der Waals surface area contributed by atoms with Gasteiger partial charge in [-0.05, 0) is 37.1 Å². The summed E-state index contributed by atoms with van der Waals surface area (Å²) in [5.74, 6) is 0.171. The van der Waals surface area contributed by atoms with Gasteiger partial charge in [0.1, 0.15) is 0 Å². The lowest BCUT2D eigenvalue weighted by Crippen LogP contribution is -2.48. The van der Waals surface area contributed by atoms with Gasteiger partial charge in [0.25, 0.3) is 0 Å². The van der Waals surface area contributed by atoms with Crippen molar-refractivity contribution in [1.82, 2.24) is 14.0 Å². The molecule has 7 nitrogen and oxygen atoms in total. The fourth-order valence-electron chi connectivity index (χ4n) is 3.60. The second-order valence-corrected chi connectivity index (χ2v) is 9.88. The molecule has 1 heterocycles. The summed E-state index contributed by atoms with van der Waals surface area (Å²) in [5.41, 5.74) is 2.87. The predicted molar refractivity (Wildman–Crippen MR) is 131 cm³/mol. The fraction of sp³-hybridized carbons (Fsp3) is 0.391. The Hall–Kier alpha value is -2.42. The highest BCUT2D eigenvalue weighted by Crippen LogP contribution is 2.29. The van der Waals surface area contributed by atoms with E-state index in [1.165, 1.54) is 4.31 Å². The molecule has 1 aliphatic heterocycles. The summed E-state index contributed by atoms with van der Waals surface area (Å²) in [6.45, 7) is 8.62. The molecule has 2 aromatic rings. The molecule has 172 valence electrons. The highest BCUT2D eigenvalue weighted by molar-refractivity contribution is 7.87. The number of halogens is 1. The van der Waals surface area contributed by atoms with E-state index >= 15 is 0 Å². The minimum Gasteiger partial charge on any atom is -0.248 e. The molecule has 9 heteroatoms. The number of guanidine groups is 1. The molecule has 0 saturated carbocycles. The molecule has 0 fully saturated rings. The van der Waals surface area contributed by atoms with E-state index < -0.39 is 10.2 Å². The highest BCUT2D eigenvalue weighted by Gasteiger charge is 2.33. The Morgan fingerprint density at radius 3 is 2.34 bits per heavy atom. The Morgan fingerprint density at radius 1 is 1.16 bits per heavy atom. The molecular weight excluding hydrogens is 446 g/mol. The maximum Gasteiger partial charge on any atom is 0.303 e. The molecule has 3 rings (SSSR count). The summed E-state index contributed by atoms with van der Waals surface area (Å²) < 4.78 is 29.9. The SMILES string of the molecule is CCN(CC)S(=O)(=O)NC(=NC(C)C)N1CC(c2ccccc2)C(c2ccc(Cl)cc2)=N1. The minimum atomic E-state index is -3.75. The second-order valence-electron chi connectivity index (χ2n) is 7.78. The van der Waals surface area contributed by atoms with Crippen LogP contribution < -0.4 is 4.72 Å². The Labute approximate surface area is 196 Å². The molecule has 1 N–H and O–H groups in total. The van der Waals surface area contributed by atoms with Gasteiger partial charge in [-0.3, -0.25) is 0 Å². The van der Waals surface area contributed by atoms with Crippen LogP contribution in [0.1, 0.15) is 44.7 Å². The maximum atomic E-state index is 12.9. The number of benzene rings is 2. The molecule has 1 atom stereocenters. The van der Waals surface area contributed by atoms with Crippen molar-refractivity contribution in [2.75, 3.05) is 19.6 Å². The summed E-state index contributed by atoms with van der Waals surface area (Å²) in [6, 6.07) is 17.5. The van der Waals surface area contributed by atoms with E-state index in [2.05, 4.69) is 21.8 Å². The Kier molecular flexibility index (Phi) is 7.92. The van der Waals surface area contributed by atoms with Gasteiger partial charge in [0, 0.05) is 30.1 Å².